The van der Waals surface area contributed by atoms with E-state index in [1.54, 1.807) is 48.5 Å². The van der Waals surface area contributed by atoms with Crippen LogP contribution in [0.15, 0.2) is 79.0 Å². The van der Waals surface area contributed by atoms with Gasteiger partial charge in [0.2, 0.25) is 5.91 Å². The van der Waals surface area contributed by atoms with Gasteiger partial charge < -0.3 is 10.2 Å². The number of hydrogen-bond acceptors (Lipinski definition) is 3. The standard InChI is InChI=1S/C23H22ClN3O2/c1-27(16-18-12-13-21(24)25-15-18)23(29)20(14-17-8-4-2-5-9-17)26-22(28)19-10-6-3-7-11-19/h2-13,15,20H,14,16H2,1H3,(H,26,28). The average Bonchev–Trinajstić information content (AvgIpc) is 2.75. The van der Waals surface area contributed by atoms with Gasteiger partial charge in [0.05, 0.1) is 0 Å². The number of pyridine rings is 1. The lowest BCUT2D eigenvalue weighted by molar-refractivity contribution is -0.132. The zero-order valence-corrected chi connectivity index (χ0v) is 16.8. The SMILES string of the molecule is CN(Cc1ccc(Cl)nc1)C(=O)C(Cc1ccccc1)NC(=O)c1ccccc1. The lowest BCUT2D eigenvalue weighted by Crippen LogP contribution is -2.48. The highest BCUT2D eigenvalue weighted by Gasteiger charge is 2.25. The maximum absolute atomic E-state index is 13.2. The highest BCUT2D eigenvalue weighted by molar-refractivity contribution is 6.29. The predicted molar refractivity (Wildman–Crippen MR) is 114 cm³/mol. The minimum atomic E-state index is -0.685. The van der Waals surface area contributed by atoms with Crippen LogP contribution in [-0.4, -0.2) is 34.8 Å². The highest BCUT2D eigenvalue weighted by atomic mass is 35.5. The van der Waals surface area contributed by atoms with Crippen molar-refractivity contribution >= 4 is 23.4 Å². The van der Waals surface area contributed by atoms with Crippen molar-refractivity contribution in [3.05, 3.63) is 101 Å². The third-order valence-corrected chi connectivity index (χ3v) is 4.73. The van der Waals surface area contributed by atoms with Gasteiger partial charge in [0, 0.05) is 31.8 Å². The first kappa shape index (κ1) is 20.6. The van der Waals surface area contributed by atoms with Gasteiger partial charge in [-0.2, -0.15) is 0 Å². The van der Waals surface area contributed by atoms with E-state index in [2.05, 4.69) is 10.3 Å². The van der Waals surface area contributed by atoms with Crippen molar-refractivity contribution in [2.45, 2.75) is 19.0 Å². The van der Waals surface area contributed by atoms with Crippen LogP contribution < -0.4 is 5.32 Å². The van der Waals surface area contributed by atoms with Gasteiger partial charge in [-0.15, -0.1) is 0 Å². The summed E-state index contributed by atoms with van der Waals surface area (Å²) in [5, 5.41) is 3.29. The van der Waals surface area contributed by atoms with E-state index in [0.717, 1.165) is 11.1 Å². The van der Waals surface area contributed by atoms with Crippen molar-refractivity contribution in [1.29, 1.82) is 0 Å². The molecular weight excluding hydrogens is 386 g/mol. The third-order valence-electron chi connectivity index (χ3n) is 4.51. The van der Waals surface area contributed by atoms with Crippen LogP contribution in [0.25, 0.3) is 0 Å². The second-order valence-electron chi connectivity index (χ2n) is 6.77. The lowest BCUT2D eigenvalue weighted by Gasteiger charge is -2.25. The summed E-state index contributed by atoms with van der Waals surface area (Å²) in [5.74, 6) is -0.450. The molecule has 1 aromatic heterocycles. The molecule has 1 N–H and O–H groups in total. The Labute approximate surface area is 175 Å². The summed E-state index contributed by atoms with van der Waals surface area (Å²) in [5.41, 5.74) is 2.35. The molecule has 1 unspecified atom stereocenters. The minimum Gasteiger partial charge on any atom is -0.340 e. The van der Waals surface area contributed by atoms with Crippen LogP contribution in [0.5, 0.6) is 0 Å². The smallest absolute Gasteiger partial charge is 0.251 e. The second kappa shape index (κ2) is 9.85. The molecule has 0 radical (unpaired) electrons. The van der Waals surface area contributed by atoms with Crippen molar-refractivity contribution in [2.24, 2.45) is 0 Å². The topological polar surface area (TPSA) is 62.3 Å². The number of nitrogens with one attached hydrogen (secondary N) is 1. The van der Waals surface area contributed by atoms with Gasteiger partial charge in [-0.3, -0.25) is 9.59 Å². The Morgan fingerprint density at radius 2 is 1.62 bits per heavy atom. The third kappa shape index (κ3) is 5.90. The lowest BCUT2D eigenvalue weighted by atomic mass is 10.0. The van der Waals surface area contributed by atoms with Gasteiger partial charge in [-0.05, 0) is 29.3 Å². The van der Waals surface area contributed by atoms with E-state index in [1.165, 1.54) is 0 Å². The van der Waals surface area contributed by atoms with Crippen LogP contribution >= 0.6 is 11.6 Å². The normalized spacial score (nSPS) is 11.5. The molecule has 0 fully saturated rings. The molecule has 2 amide bonds. The van der Waals surface area contributed by atoms with Gasteiger partial charge >= 0.3 is 0 Å². The molecule has 29 heavy (non-hydrogen) atoms. The molecule has 0 aliphatic rings. The van der Waals surface area contributed by atoms with Crippen molar-refractivity contribution in [1.82, 2.24) is 15.2 Å². The van der Waals surface area contributed by atoms with Crippen molar-refractivity contribution in [3.63, 3.8) is 0 Å². The predicted octanol–water partition coefficient (Wildman–Crippen LogP) is 3.73. The molecule has 6 heteroatoms. The van der Waals surface area contributed by atoms with E-state index in [-0.39, 0.29) is 11.8 Å². The van der Waals surface area contributed by atoms with Gasteiger partial charge in [-0.25, -0.2) is 4.98 Å². The van der Waals surface area contributed by atoms with Crippen molar-refractivity contribution < 1.29 is 9.59 Å². The first-order valence-corrected chi connectivity index (χ1v) is 9.66. The van der Waals surface area contributed by atoms with E-state index in [0.29, 0.717) is 23.7 Å². The molecule has 2 aromatic carbocycles. The average molecular weight is 408 g/mol. The summed E-state index contributed by atoms with van der Waals surface area (Å²) in [6.07, 6.45) is 2.04. The van der Waals surface area contributed by atoms with Gasteiger partial charge in [0.25, 0.3) is 5.91 Å². The molecule has 0 aliphatic carbocycles. The number of benzene rings is 2. The van der Waals surface area contributed by atoms with E-state index in [1.807, 2.05) is 42.5 Å². The number of carbonyl (C=O) groups excluding carboxylic acids is 2. The summed E-state index contributed by atoms with van der Waals surface area (Å²) in [7, 11) is 1.71. The van der Waals surface area contributed by atoms with Crippen LogP contribution in [0.4, 0.5) is 0 Å². The molecule has 0 bridgehead atoms. The Balaban J connectivity index is 1.76. The number of aromatic nitrogens is 1. The number of likely N-dealkylation sites (N-methyl/N-ethyl adjacent to an activating group) is 1. The molecule has 3 rings (SSSR count). The molecule has 1 atom stereocenters. The number of carbonyl (C=O) groups is 2. The van der Waals surface area contributed by atoms with Crippen LogP contribution in [0.3, 0.4) is 0 Å². The molecule has 0 spiro atoms. The molecule has 0 saturated heterocycles. The molecule has 0 aliphatic heterocycles. The Kier molecular flexibility index (Phi) is 6.98. The van der Waals surface area contributed by atoms with E-state index < -0.39 is 6.04 Å². The van der Waals surface area contributed by atoms with E-state index >= 15 is 0 Å². The first-order valence-electron chi connectivity index (χ1n) is 9.28. The first-order chi connectivity index (χ1) is 14.0. The van der Waals surface area contributed by atoms with E-state index in [9.17, 15) is 9.59 Å². The molecular formula is C23H22ClN3O2. The number of rotatable bonds is 7. The zero-order valence-electron chi connectivity index (χ0n) is 16.1. The fourth-order valence-electron chi connectivity index (χ4n) is 3.00. The van der Waals surface area contributed by atoms with Gasteiger partial charge in [0.15, 0.2) is 0 Å². The fourth-order valence-corrected chi connectivity index (χ4v) is 3.11. The number of nitrogens with zero attached hydrogens (tertiary/aromatic N) is 2. The van der Waals surface area contributed by atoms with Crippen LogP contribution in [0, 0.1) is 0 Å². The summed E-state index contributed by atoms with van der Waals surface area (Å²) in [6, 6.07) is 21.3. The van der Waals surface area contributed by atoms with Gasteiger partial charge in [0.1, 0.15) is 11.2 Å². The maximum atomic E-state index is 13.2. The maximum Gasteiger partial charge on any atom is 0.251 e. The largest absolute Gasteiger partial charge is 0.340 e. The second-order valence-corrected chi connectivity index (χ2v) is 7.15. The molecule has 0 saturated carbocycles. The monoisotopic (exact) mass is 407 g/mol. The summed E-state index contributed by atoms with van der Waals surface area (Å²) in [4.78, 5) is 31.4. The summed E-state index contributed by atoms with van der Waals surface area (Å²) < 4.78 is 0. The van der Waals surface area contributed by atoms with Gasteiger partial charge in [-0.1, -0.05) is 66.2 Å². The quantitative estimate of drug-likeness (QED) is 0.607. The Hall–Kier alpha value is -3.18. The zero-order chi connectivity index (χ0) is 20.6. The molecule has 5 nitrogen and oxygen atoms in total. The van der Waals surface area contributed by atoms with E-state index in [4.69, 9.17) is 11.6 Å². The van der Waals surface area contributed by atoms with Crippen molar-refractivity contribution in [2.75, 3.05) is 7.05 Å². The van der Waals surface area contributed by atoms with Crippen LogP contribution in [-0.2, 0) is 17.8 Å². The fraction of sp³-hybridized carbons (Fsp3) is 0.174. The van der Waals surface area contributed by atoms with Crippen molar-refractivity contribution in [3.8, 4) is 0 Å². The Morgan fingerprint density at radius 1 is 0.966 bits per heavy atom. The van der Waals surface area contributed by atoms with Crippen LogP contribution in [0.2, 0.25) is 5.15 Å². The van der Waals surface area contributed by atoms with Crippen LogP contribution in [0.1, 0.15) is 21.5 Å². The highest BCUT2D eigenvalue weighted by Crippen LogP contribution is 2.11. The minimum absolute atomic E-state index is 0.173. The summed E-state index contributed by atoms with van der Waals surface area (Å²) >= 11 is 5.83. The Morgan fingerprint density at radius 3 is 2.24 bits per heavy atom. The molecule has 3 aromatic rings. The number of amides is 2. The molecule has 148 valence electrons. The number of hydrogen-bond donors (Lipinski definition) is 1. The summed E-state index contributed by atoms with van der Waals surface area (Å²) in [6.45, 7) is 0.371. The number of halogens is 1. The molecule has 1 heterocycles. The Bertz CT molecular complexity index is 947.